The molecule has 1 amide bonds. The van der Waals surface area contributed by atoms with Gasteiger partial charge in [-0.2, -0.15) is 0 Å². The number of amides is 1. The molecule has 0 aromatic rings. The van der Waals surface area contributed by atoms with Crippen LogP contribution in [0.3, 0.4) is 0 Å². The van der Waals surface area contributed by atoms with E-state index >= 15 is 0 Å². The Balaban J connectivity index is 2.60. The number of carbonyl (C=O) groups excluding carboxylic acids is 1. The van der Waals surface area contributed by atoms with E-state index in [2.05, 4.69) is 39.5 Å². The summed E-state index contributed by atoms with van der Waals surface area (Å²) in [5.74, 6) is 1.72. The molecule has 1 saturated heterocycles. The van der Waals surface area contributed by atoms with Crippen LogP contribution < -0.4 is 0 Å². The number of carbonyl (C=O) groups is 1. The van der Waals surface area contributed by atoms with Crippen molar-refractivity contribution in [2.24, 2.45) is 17.8 Å². The average molecular weight is 211 g/mol. The maximum absolute atomic E-state index is 12.2. The highest BCUT2D eigenvalue weighted by atomic mass is 16.2. The highest BCUT2D eigenvalue weighted by molar-refractivity contribution is 5.79. The zero-order valence-corrected chi connectivity index (χ0v) is 10.8. The molecule has 2 heteroatoms. The van der Waals surface area contributed by atoms with Crippen molar-refractivity contribution in [1.82, 2.24) is 4.90 Å². The van der Waals surface area contributed by atoms with Gasteiger partial charge in [0.05, 0.1) is 0 Å². The van der Waals surface area contributed by atoms with E-state index in [-0.39, 0.29) is 5.92 Å². The summed E-state index contributed by atoms with van der Waals surface area (Å²) in [7, 11) is 0. The lowest BCUT2D eigenvalue weighted by atomic mass is 9.92. The number of nitrogens with zero attached hydrogens (tertiary/aromatic N) is 1. The van der Waals surface area contributed by atoms with Gasteiger partial charge in [-0.15, -0.1) is 0 Å². The first kappa shape index (κ1) is 12.5. The van der Waals surface area contributed by atoms with E-state index in [1.807, 2.05) is 0 Å². The molecule has 0 N–H and O–H groups in total. The summed E-state index contributed by atoms with van der Waals surface area (Å²) in [6.45, 7) is 11.8. The number of hydrogen-bond acceptors (Lipinski definition) is 1. The Labute approximate surface area is 94.0 Å². The van der Waals surface area contributed by atoms with E-state index in [0.717, 1.165) is 13.0 Å². The largest absolute Gasteiger partial charge is 0.339 e. The minimum absolute atomic E-state index is 0.183. The third-order valence-corrected chi connectivity index (χ3v) is 3.95. The van der Waals surface area contributed by atoms with Gasteiger partial charge >= 0.3 is 0 Å². The van der Waals surface area contributed by atoms with Crippen molar-refractivity contribution in [3.05, 3.63) is 0 Å². The van der Waals surface area contributed by atoms with Crippen molar-refractivity contribution in [2.75, 3.05) is 6.54 Å². The molecule has 3 unspecified atom stereocenters. The predicted octanol–water partition coefficient (Wildman–Crippen LogP) is 2.93. The number of rotatable bonds is 3. The fraction of sp³-hybridized carbons (Fsp3) is 0.923. The van der Waals surface area contributed by atoms with Crippen LogP contribution in [-0.4, -0.2) is 23.4 Å². The zero-order chi connectivity index (χ0) is 11.6. The molecular weight excluding hydrogens is 186 g/mol. The topological polar surface area (TPSA) is 20.3 Å². The Morgan fingerprint density at radius 1 is 1.40 bits per heavy atom. The summed E-state index contributed by atoms with van der Waals surface area (Å²) in [4.78, 5) is 14.3. The van der Waals surface area contributed by atoms with Crippen LogP contribution in [0.5, 0.6) is 0 Å². The van der Waals surface area contributed by atoms with E-state index in [9.17, 15) is 4.79 Å². The lowest BCUT2D eigenvalue weighted by Gasteiger charge is -2.27. The molecule has 0 bridgehead atoms. The van der Waals surface area contributed by atoms with Crippen LogP contribution >= 0.6 is 0 Å². The summed E-state index contributed by atoms with van der Waals surface area (Å²) in [6.07, 6.45) is 2.25. The summed E-state index contributed by atoms with van der Waals surface area (Å²) in [5.41, 5.74) is 0. The first-order valence-electron chi connectivity index (χ1n) is 6.27. The molecule has 0 spiro atoms. The van der Waals surface area contributed by atoms with Gasteiger partial charge in [-0.3, -0.25) is 4.79 Å². The molecule has 1 fully saturated rings. The number of hydrogen-bond donors (Lipinski definition) is 0. The second-order valence-corrected chi connectivity index (χ2v) is 5.35. The van der Waals surface area contributed by atoms with Gasteiger partial charge < -0.3 is 4.90 Å². The van der Waals surface area contributed by atoms with E-state index in [0.29, 0.717) is 23.8 Å². The molecule has 4 atom stereocenters. The van der Waals surface area contributed by atoms with Gasteiger partial charge in [-0.1, -0.05) is 34.1 Å². The molecule has 0 radical (unpaired) electrons. The monoisotopic (exact) mass is 211 g/mol. The smallest absolute Gasteiger partial charge is 0.225 e. The van der Waals surface area contributed by atoms with Crippen LogP contribution in [0.4, 0.5) is 0 Å². The minimum Gasteiger partial charge on any atom is -0.339 e. The Morgan fingerprint density at radius 2 is 2.00 bits per heavy atom. The number of likely N-dealkylation sites (tertiary alicyclic amines) is 1. The van der Waals surface area contributed by atoms with Crippen LogP contribution in [0.1, 0.15) is 47.5 Å². The van der Waals surface area contributed by atoms with Gasteiger partial charge in [-0.25, -0.2) is 0 Å². The van der Waals surface area contributed by atoms with Gasteiger partial charge in [0.1, 0.15) is 0 Å². The summed E-state index contributed by atoms with van der Waals surface area (Å²) < 4.78 is 0. The first-order valence-corrected chi connectivity index (χ1v) is 6.27. The van der Waals surface area contributed by atoms with Gasteiger partial charge in [0.15, 0.2) is 0 Å². The zero-order valence-electron chi connectivity index (χ0n) is 10.8. The lowest BCUT2D eigenvalue weighted by molar-refractivity contribution is -0.137. The summed E-state index contributed by atoms with van der Waals surface area (Å²) >= 11 is 0. The van der Waals surface area contributed by atoms with E-state index in [1.54, 1.807) is 0 Å². The van der Waals surface area contributed by atoms with Crippen molar-refractivity contribution in [2.45, 2.75) is 53.5 Å². The molecule has 1 rings (SSSR count). The Morgan fingerprint density at radius 3 is 2.40 bits per heavy atom. The molecule has 1 aliphatic heterocycles. The van der Waals surface area contributed by atoms with Crippen LogP contribution in [-0.2, 0) is 4.79 Å². The Bertz CT molecular complexity index is 227. The van der Waals surface area contributed by atoms with Gasteiger partial charge in [0.25, 0.3) is 0 Å². The molecule has 0 aromatic heterocycles. The van der Waals surface area contributed by atoms with E-state index in [4.69, 9.17) is 0 Å². The molecule has 2 nitrogen and oxygen atoms in total. The van der Waals surface area contributed by atoms with Crippen molar-refractivity contribution in [3.8, 4) is 0 Å². The lowest BCUT2D eigenvalue weighted by Crippen LogP contribution is -2.39. The average Bonchev–Trinajstić information content (AvgIpc) is 2.54. The second kappa shape index (κ2) is 5.00. The normalized spacial score (nSPS) is 30.3. The molecule has 88 valence electrons. The molecule has 1 aliphatic rings. The van der Waals surface area contributed by atoms with E-state index < -0.39 is 0 Å². The van der Waals surface area contributed by atoms with Crippen molar-refractivity contribution < 1.29 is 4.79 Å². The Kier molecular flexibility index (Phi) is 4.18. The maximum Gasteiger partial charge on any atom is 0.225 e. The molecule has 0 aromatic carbocycles. The van der Waals surface area contributed by atoms with Gasteiger partial charge in [0, 0.05) is 18.5 Å². The van der Waals surface area contributed by atoms with Gasteiger partial charge in [-0.05, 0) is 25.2 Å². The fourth-order valence-electron chi connectivity index (χ4n) is 2.47. The second-order valence-electron chi connectivity index (χ2n) is 5.35. The highest BCUT2D eigenvalue weighted by Gasteiger charge is 2.33. The predicted molar refractivity (Wildman–Crippen MR) is 63.6 cm³/mol. The molecule has 0 saturated carbocycles. The highest BCUT2D eigenvalue weighted by Crippen LogP contribution is 2.26. The van der Waals surface area contributed by atoms with Gasteiger partial charge in [0.2, 0.25) is 5.91 Å². The summed E-state index contributed by atoms with van der Waals surface area (Å²) in [6, 6.07) is 0.444. The van der Waals surface area contributed by atoms with Crippen LogP contribution in [0.15, 0.2) is 0 Å². The molecule has 15 heavy (non-hydrogen) atoms. The third-order valence-electron chi connectivity index (χ3n) is 3.95. The van der Waals surface area contributed by atoms with Crippen LogP contribution in [0, 0.1) is 17.8 Å². The van der Waals surface area contributed by atoms with Crippen LogP contribution in [0.25, 0.3) is 0 Å². The SMILES string of the molecule is CCC(C)C(C)C(=O)N1CC(C)C[C@H]1C. The first-order chi connectivity index (χ1) is 6.97. The molecular formula is C13H25NO. The maximum atomic E-state index is 12.2. The van der Waals surface area contributed by atoms with Crippen molar-refractivity contribution >= 4 is 5.91 Å². The summed E-state index contributed by atoms with van der Waals surface area (Å²) in [5, 5.41) is 0. The van der Waals surface area contributed by atoms with Crippen molar-refractivity contribution in [3.63, 3.8) is 0 Å². The fourth-order valence-corrected chi connectivity index (χ4v) is 2.47. The standard InChI is InChI=1S/C13H25NO/c1-6-10(3)12(5)13(15)14-8-9(2)7-11(14)4/h9-12H,6-8H2,1-5H3/t9?,10?,11-,12?/m1/s1. The van der Waals surface area contributed by atoms with Crippen molar-refractivity contribution in [1.29, 1.82) is 0 Å². The Hall–Kier alpha value is -0.530. The molecule has 0 aliphatic carbocycles. The quantitative estimate of drug-likeness (QED) is 0.703. The third kappa shape index (κ3) is 2.73. The van der Waals surface area contributed by atoms with Crippen LogP contribution in [0.2, 0.25) is 0 Å². The molecule has 1 heterocycles. The van der Waals surface area contributed by atoms with E-state index in [1.165, 1.54) is 6.42 Å². The minimum atomic E-state index is 0.183.